The fourth-order valence-corrected chi connectivity index (χ4v) is 1.96. The van der Waals surface area contributed by atoms with E-state index >= 15 is 0 Å². The Morgan fingerprint density at radius 2 is 1.26 bits per heavy atom. The number of ketones is 1. The van der Waals surface area contributed by atoms with Gasteiger partial charge in [-0.2, -0.15) is 0 Å². The van der Waals surface area contributed by atoms with E-state index in [1.165, 1.54) is 32.1 Å². The van der Waals surface area contributed by atoms with E-state index in [9.17, 15) is 4.79 Å². The zero-order valence-electron chi connectivity index (χ0n) is 14.1. The Kier molecular flexibility index (Phi) is 8.56. The molecule has 0 spiro atoms. The lowest BCUT2D eigenvalue weighted by Crippen LogP contribution is -2.36. The lowest BCUT2D eigenvalue weighted by atomic mass is 9.88. The molecule has 0 aromatic heterocycles. The summed E-state index contributed by atoms with van der Waals surface area (Å²) >= 11 is 0. The number of hydrogen-bond acceptors (Lipinski definition) is 2. The second-order valence-corrected chi connectivity index (χ2v) is 7.72. The van der Waals surface area contributed by atoms with Crippen molar-refractivity contribution in [2.24, 2.45) is 5.41 Å². The van der Waals surface area contributed by atoms with Gasteiger partial charge in [0.25, 0.3) is 0 Å². The van der Waals surface area contributed by atoms with E-state index < -0.39 is 0 Å². The summed E-state index contributed by atoms with van der Waals surface area (Å²) in [7, 11) is 0. The van der Waals surface area contributed by atoms with Gasteiger partial charge in [-0.3, -0.25) is 4.79 Å². The zero-order valence-corrected chi connectivity index (χ0v) is 14.1. The van der Waals surface area contributed by atoms with Gasteiger partial charge in [0.05, 0.1) is 0 Å². The number of nitrogens with one attached hydrogen (secondary N) is 1. The number of carbonyl (C=O) groups is 1. The van der Waals surface area contributed by atoms with Gasteiger partial charge in [0.1, 0.15) is 5.78 Å². The Bertz CT molecular complexity index is 245. The summed E-state index contributed by atoms with van der Waals surface area (Å²) in [5.74, 6) is 0.405. The molecule has 2 nitrogen and oxygen atoms in total. The van der Waals surface area contributed by atoms with E-state index in [-0.39, 0.29) is 11.0 Å². The van der Waals surface area contributed by atoms with E-state index in [4.69, 9.17) is 0 Å². The van der Waals surface area contributed by atoms with E-state index in [0.717, 1.165) is 19.4 Å². The largest absolute Gasteiger partial charge is 0.312 e. The number of carbonyl (C=O) groups excluding carboxylic acids is 1. The van der Waals surface area contributed by atoms with E-state index in [2.05, 4.69) is 26.1 Å². The van der Waals surface area contributed by atoms with Gasteiger partial charge in [0, 0.05) is 17.4 Å². The molecule has 0 aliphatic carbocycles. The van der Waals surface area contributed by atoms with Gasteiger partial charge in [0.15, 0.2) is 0 Å². The average molecular weight is 269 g/mol. The first-order valence-electron chi connectivity index (χ1n) is 7.91. The minimum atomic E-state index is -0.154. The molecule has 0 aromatic rings. The molecular weight excluding hydrogens is 234 g/mol. The third-order valence-corrected chi connectivity index (χ3v) is 3.32. The van der Waals surface area contributed by atoms with Crippen LogP contribution in [0.1, 0.15) is 86.5 Å². The first-order chi connectivity index (χ1) is 8.63. The molecule has 0 unspecified atom stereocenters. The Balaban J connectivity index is 3.31. The summed E-state index contributed by atoms with van der Waals surface area (Å²) in [6, 6.07) is 0. The van der Waals surface area contributed by atoms with Crippen LogP contribution in [0.25, 0.3) is 0 Å². The molecule has 114 valence electrons. The molecule has 0 aliphatic rings. The van der Waals surface area contributed by atoms with E-state index in [1.807, 2.05) is 20.8 Å². The summed E-state index contributed by atoms with van der Waals surface area (Å²) in [6.45, 7) is 13.8. The molecule has 0 rings (SSSR count). The van der Waals surface area contributed by atoms with Crippen LogP contribution in [-0.2, 0) is 4.79 Å². The number of unbranched alkanes of at least 4 members (excludes halogenated alkanes) is 5. The maximum Gasteiger partial charge on any atom is 0.138 e. The second-order valence-electron chi connectivity index (χ2n) is 7.72. The lowest BCUT2D eigenvalue weighted by Gasteiger charge is -2.20. The standard InChI is InChI=1S/C17H35NO/c1-16(2,3)15(19)13-11-9-7-8-10-12-14-18-17(4,5)6/h18H,7-14H2,1-6H3. The van der Waals surface area contributed by atoms with Crippen LogP contribution in [0.5, 0.6) is 0 Å². The van der Waals surface area contributed by atoms with Crippen molar-refractivity contribution < 1.29 is 4.79 Å². The van der Waals surface area contributed by atoms with Crippen molar-refractivity contribution in [1.82, 2.24) is 5.32 Å². The molecule has 0 bridgehead atoms. The van der Waals surface area contributed by atoms with Crippen LogP contribution in [0.2, 0.25) is 0 Å². The van der Waals surface area contributed by atoms with Crippen molar-refractivity contribution in [3.05, 3.63) is 0 Å². The maximum absolute atomic E-state index is 11.7. The van der Waals surface area contributed by atoms with Gasteiger partial charge in [0.2, 0.25) is 0 Å². The molecule has 2 heteroatoms. The highest BCUT2D eigenvalue weighted by molar-refractivity contribution is 5.83. The van der Waals surface area contributed by atoms with Gasteiger partial charge < -0.3 is 5.32 Å². The smallest absolute Gasteiger partial charge is 0.138 e. The van der Waals surface area contributed by atoms with Crippen molar-refractivity contribution in [2.75, 3.05) is 6.54 Å². The van der Waals surface area contributed by atoms with Crippen LogP contribution in [-0.4, -0.2) is 17.9 Å². The van der Waals surface area contributed by atoms with Gasteiger partial charge in [-0.15, -0.1) is 0 Å². The SMILES string of the molecule is CC(C)(C)NCCCCCCCCC(=O)C(C)(C)C. The third-order valence-electron chi connectivity index (χ3n) is 3.32. The normalized spacial score (nSPS) is 12.7. The summed E-state index contributed by atoms with van der Waals surface area (Å²) in [5.41, 5.74) is 0.0892. The van der Waals surface area contributed by atoms with Crippen LogP contribution < -0.4 is 5.32 Å². The summed E-state index contributed by atoms with van der Waals surface area (Å²) in [4.78, 5) is 11.7. The number of hydrogen-bond donors (Lipinski definition) is 1. The van der Waals surface area contributed by atoms with Crippen LogP contribution in [0.4, 0.5) is 0 Å². The monoisotopic (exact) mass is 269 g/mol. The molecule has 0 fully saturated rings. The van der Waals surface area contributed by atoms with Crippen LogP contribution in [0.3, 0.4) is 0 Å². The number of rotatable bonds is 9. The average Bonchev–Trinajstić information content (AvgIpc) is 2.23. The van der Waals surface area contributed by atoms with Crippen molar-refractivity contribution in [1.29, 1.82) is 0 Å². The molecule has 0 amide bonds. The molecule has 0 heterocycles. The topological polar surface area (TPSA) is 29.1 Å². The van der Waals surface area contributed by atoms with E-state index in [1.54, 1.807) is 0 Å². The van der Waals surface area contributed by atoms with Crippen molar-refractivity contribution in [2.45, 2.75) is 92.0 Å². The predicted octanol–water partition coefficient (Wildman–Crippen LogP) is 4.72. The second kappa shape index (κ2) is 8.73. The van der Waals surface area contributed by atoms with Gasteiger partial charge in [-0.05, 0) is 40.2 Å². The minimum Gasteiger partial charge on any atom is -0.312 e. The molecule has 0 atom stereocenters. The Morgan fingerprint density at radius 1 is 0.789 bits per heavy atom. The summed E-state index contributed by atoms with van der Waals surface area (Å²) < 4.78 is 0. The zero-order chi connectivity index (χ0) is 14.9. The molecule has 0 saturated carbocycles. The van der Waals surface area contributed by atoms with Crippen molar-refractivity contribution in [3.63, 3.8) is 0 Å². The van der Waals surface area contributed by atoms with Gasteiger partial charge in [-0.25, -0.2) is 0 Å². The highest BCUT2D eigenvalue weighted by Crippen LogP contribution is 2.19. The fraction of sp³-hybridized carbons (Fsp3) is 0.941. The van der Waals surface area contributed by atoms with Crippen molar-refractivity contribution in [3.8, 4) is 0 Å². The summed E-state index contributed by atoms with van der Waals surface area (Å²) in [6.07, 6.45) is 8.16. The highest BCUT2D eigenvalue weighted by Gasteiger charge is 2.19. The molecular formula is C17H35NO. The van der Waals surface area contributed by atoms with Crippen molar-refractivity contribution >= 4 is 5.78 Å². The Morgan fingerprint density at radius 3 is 1.74 bits per heavy atom. The maximum atomic E-state index is 11.7. The first-order valence-corrected chi connectivity index (χ1v) is 7.91. The van der Waals surface area contributed by atoms with Gasteiger partial charge in [-0.1, -0.05) is 46.5 Å². The molecule has 0 aliphatic heterocycles. The molecule has 0 radical (unpaired) electrons. The van der Waals surface area contributed by atoms with Gasteiger partial charge >= 0.3 is 0 Å². The first kappa shape index (κ1) is 18.6. The third kappa shape index (κ3) is 12.4. The molecule has 19 heavy (non-hydrogen) atoms. The number of Topliss-reactive ketones (excluding diaryl/α,β-unsaturated/α-hetero) is 1. The quantitative estimate of drug-likeness (QED) is 0.614. The molecule has 1 N–H and O–H groups in total. The van der Waals surface area contributed by atoms with Crippen LogP contribution >= 0.6 is 0 Å². The molecule has 0 aromatic carbocycles. The van der Waals surface area contributed by atoms with E-state index in [0.29, 0.717) is 5.78 Å². The predicted molar refractivity (Wildman–Crippen MR) is 84.5 cm³/mol. The summed E-state index contributed by atoms with van der Waals surface area (Å²) in [5, 5.41) is 3.51. The van der Waals surface area contributed by atoms with Crippen LogP contribution in [0, 0.1) is 5.41 Å². The lowest BCUT2D eigenvalue weighted by molar-refractivity contribution is -0.126. The minimum absolute atomic E-state index is 0.154. The Hall–Kier alpha value is -0.370. The Labute approximate surface area is 120 Å². The fourth-order valence-electron chi connectivity index (χ4n) is 1.96. The molecule has 0 saturated heterocycles. The van der Waals surface area contributed by atoms with Crippen LogP contribution in [0.15, 0.2) is 0 Å². The highest BCUT2D eigenvalue weighted by atomic mass is 16.1.